The van der Waals surface area contributed by atoms with Gasteiger partial charge in [0.1, 0.15) is 0 Å². The standard InChI is InChI=1S/C14H23NO3/c1-3-14(17)12-6-4-5-7-13(12)15(2)8-10-18-11-9-16/h4-7,14,16-17H,3,8-11H2,1-2H3. The van der Waals surface area contributed by atoms with E-state index in [9.17, 15) is 5.11 Å². The molecule has 102 valence electrons. The van der Waals surface area contributed by atoms with Crippen LogP contribution < -0.4 is 4.90 Å². The Hall–Kier alpha value is -1.10. The molecule has 1 atom stereocenters. The average Bonchev–Trinajstić information content (AvgIpc) is 2.42. The lowest BCUT2D eigenvalue weighted by Crippen LogP contribution is -2.24. The Balaban J connectivity index is 2.63. The Morgan fingerprint density at radius 2 is 2.00 bits per heavy atom. The van der Waals surface area contributed by atoms with Gasteiger partial charge in [-0.2, -0.15) is 0 Å². The number of aliphatic hydroxyl groups excluding tert-OH is 2. The predicted octanol–water partition coefficient (Wildman–Crippen LogP) is 1.58. The summed E-state index contributed by atoms with van der Waals surface area (Å²) in [5.74, 6) is 0. The Bertz CT molecular complexity index is 344. The smallest absolute Gasteiger partial charge is 0.0807 e. The van der Waals surface area contributed by atoms with E-state index in [0.29, 0.717) is 19.6 Å². The zero-order valence-corrected chi connectivity index (χ0v) is 11.2. The first-order valence-electron chi connectivity index (χ1n) is 6.37. The maximum Gasteiger partial charge on any atom is 0.0807 e. The van der Waals surface area contributed by atoms with Crippen LogP contribution in [0.1, 0.15) is 25.0 Å². The van der Waals surface area contributed by atoms with Gasteiger partial charge < -0.3 is 19.8 Å². The number of anilines is 1. The number of nitrogens with zero attached hydrogens (tertiary/aromatic N) is 1. The molecule has 0 aliphatic rings. The molecule has 1 aromatic carbocycles. The van der Waals surface area contributed by atoms with Crippen LogP contribution in [0.5, 0.6) is 0 Å². The van der Waals surface area contributed by atoms with Gasteiger partial charge >= 0.3 is 0 Å². The van der Waals surface area contributed by atoms with Crippen LogP contribution in [-0.2, 0) is 4.74 Å². The van der Waals surface area contributed by atoms with E-state index in [1.165, 1.54) is 0 Å². The van der Waals surface area contributed by atoms with E-state index in [1.807, 2.05) is 38.2 Å². The van der Waals surface area contributed by atoms with Crippen molar-refractivity contribution in [2.24, 2.45) is 0 Å². The summed E-state index contributed by atoms with van der Waals surface area (Å²) in [6.07, 6.45) is 0.272. The molecule has 0 fully saturated rings. The zero-order chi connectivity index (χ0) is 13.4. The number of aliphatic hydroxyl groups is 2. The first-order chi connectivity index (χ1) is 8.70. The summed E-state index contributed by atoms with van der Waals surface area (Å²) in [6.45, 7) is 3.68. The van der Waals surface area contributed by atoms with Crippen LogP contribution in [0, 0.1) is 0 Å². The van der Waals surface area contributed by atoms with Crippen molar-refractivity contribution in [3.05, 3.63) is 29.8 Å². The van der Waals surface area contributed by atoms with Gasteiger partial charge in [-0.05, 0) is 12.5 Å². The summed E-state index contributed by atoms with van der Waals surface area (Å²) in [7, 11) is 1.98. The molecule has 1 unspecified atom stereocenters. The van der Waals surface area contributed by atoms with Crippen molar-refractivity contribution in [2.45, 2.75) is 19.4 Å². The Kier molecular flexibility index (Phi) is 6.72. The van der Waals surface area contributed by atoms with Gasteiger partial charge in [-0.3, -0.25) is 0 Å². The minimum atomic E-state index is -0.429. The van der Waals surface area contributed by atoms with Crippen LogP contribution in [0.4, 0.5) is 5.69 Å². The molecule has 0 heterocycles. The highest BCUT2D eigenvalue weighted by Gasteiger charge is 2.12. The molecule has 4 nitrogen and oxygen atoms in total. The van der Waals surface area contributed by atoms with E-state index >= 15 is 0 Å². The maximum atomic E-state index is 9.98. The highest BCUT2D eigenvalue weighted by Crippen LogP contribution is 2.27. The van der Waals surface area contributed by atoms with Crippen LogP contribution >= 0.6 is 0 Å². The second-order valence-electron chi connectivity index (χ2n) is 4.24. The third-order valence-corrected chi connectivity index (χ3v) is 2.90. The number of ether oxygens (including phenoxy) is 1. The van der Waals surface area contributed by atoms with Gasteiger partial charge in [-0.1, -0.05) is 25.1 Å². The molecule has 0 radical (unpaired) electrons. The van der Waals surface area contributed by atoms with Crippen molar-refractivity contribution >= 4 is 5.69 Å². The summed E-state index contributed by atoms with van der Waals surface area (Å²) in [4.78, 5) is 2.06. The molecule has 1 aromatic rings. The molecule has 0 aliphatic carbocycles. The molecule has 0 bridgehead atoms. The van der Waals surface area contributed by atoms with Gasteiger partial charge in [0.15, 0.2) is 0 Å². The van der Waals surface area contributed by atoms with Gasteiger partial charge in [-0.15, -0.1) is 0 Å². The second-order valence-corrected chi connectivity index (χ2v) is 4.24. The van der Waals surface area contributed by atoms with E-state index < -0.39 is 6.10 Å². The van der Waals surface area contributed by atoms with Crippen LogP contribution in [0.3, 0.4) is 0 Å². The number of hydrogen-bond donors (Lipinski definition) is 2. The average molecular weight is 253 g/mol. The van der Waals surface area contributed by atoms with E-state index in [0.717, 1.165) is 17.8 Å². The largest absolute Gasteiger partial charge is 0.394 e. The molecule has 4 heteroatoms. The fourth-order valence-corrected chi connectivity index (χ4v) is 1.83. The number of benzene rings is 1. The van der Waals surface area contributed by atoms with Gasteiger partial charge in [0.25, 0.3) is 0 Å². The van der Waals surface area contributed by atoms with Crippen LogP contribution in [0.25, 0.3) is 0 Å². The van der Waals surface area contributed by atoms with Gasteiger partial charge in [-0.25, -0.2) is 0 Å². The highest BCUT2D eigenvalue weighted by molar-refractivity contribution is 5.54. The van der Waals surface area contributed by atoms with Crippen molar-refractivity contribution in [3.63, 3.8) is 0 Å². The van der Waals surface area contributed by atoms with Crippen molar-refractivity contribution in [3.8, 4) is 0 Å². The van der Waals surface area contributed by atoms with E-state index in [1.54, 1.807) is 0 Å². The molecular formula is C14H23NO3. The first kappa shape index (κ1) is 15.0. The SMILES string of the molecule is CCC(O)c1ccccc1N(C)CCOCCO. The molecule has 1 rings (SSSR count). The number of rotatable bonds is 8. The molecule has 0 saturated heterocycles. The topological polar surface area (TPSA) is 52.9 Å². The summed E-state index contributed by atoms with van der Waals surface area (Å²) in [5, 5.41) is 18.6. The van der Waals surface area contributed by atoms with Crippen LogP contribution in [0.2, 0.25) is 0 Å². The van der Waals surface area contributed by atoms with Crippen molar-refractivity contribution in [1.29, 1.82) is 0 Å². The first-order valence-corrected chi connectivity index (χ1v) is 6.37. The minimum absolute atomic E-state index is 0.0504. The van der Waals surface area contributed by atoms with Crippen molar-refractivity contribution < 1.29 is 14.9 Å². The highest BCUT2D eigenvalue weighted by atomic mass is 16.5. The molecular weight excluding hydrogens is 230 g/mol. The summed E-state index contributed by atoms with van der Waals surface area (Å²) in [5.41, 5.74) is 1.98. The normalized spacial score (nSPS) is 12.4. The van der Waals surface area contributed by atoms with Crippen molar-refractivity contribution in [2.75, 3.05) is 38.3 Å². The monoisotopic (exact) mass is 253 g/mol. The molecule has 0 amide bonds. The third-order valence-electron chi connectivity index (χ3n) is 2.90. The fraction of sp³-hybridized carbons (Fsp3) is 0.571. The molecule has 0 aromatic heterocycles. The lowest BCUT2D eigenvalue weighted by molar-refractivity contribution is 0.0970. The van der Waals surface area contributed by atoms with E-state index in [4.69, 9.17) is 9.84 Å². The lowest BCUT2D eigenvalue weighted by atomic mass is 10.0. The molecule has 2 N–H and O–H groups in total. The second kappa shape index (κ2) is 8.08. The molecule has 0 spiro atoms. The molecule has 18 heavy (non-hydrogen) atoms. The lowest BCUT2D eigenvalue weighted by Gasteiger charge is -2.24. The van der Waals surface area contributed by atoms with Crippen molar-refractivity contribution in [1.82, 2.24) is 0 Å². The number of likely N-dealkylation sites (N-methyl/N-ethyl adjacent to an activating group) is 1. The zero-order valence-electron chi connectivity index (χ0n) is 11.2. The number of hydrogen-bond acceptors (Lipinski definition) is 4. The summed E-state index contributed by atoms with van der Waals surface area (Å²) >= 11 is 0. The Morgan fingerprint density at radius 3 is 2.67 bits per heavy atom. The van der Waals surface area contributed by atoms with E-state index in [-0.39, 0.29) is 6.61 Å². The number of para-hydroxylation sites is 1. The van der Waals surface area contributed by atoms with Crippen LogP contribution in [-0.4, -0.2) is 43.6 Å². The fourth-order valence-electron chi connectivity index (χ4n) is 1.83. The molecule has 0 aliphatic heterocycles. The summed E-state index contributed by atoms with van der Waals surface area (Å²) in [6, 6.07) is 7.86. The Labute approximate surface area is 109 Å². The third kappa shape index (κ3) is 4.29. The van der Waals surface area contributed by atoms with Gasteiger partial charge in [0.2, 0.25) is 0 Å². The van der Waals surface area contributed by atoms with Crippen LogP contribution in [0.15, 0.2) is 24.3 Å². The maximum absolute atomic E-state index is 9.98. The minimum Gasteiger partial charge on any atom is -0.394 e. The quantitative estimate of drug-likeness (QED) is 0.691. The predicted molar refractivity (Wildman–Crippen MR) is 72.9 cm³/mol. The molecule has 0 saturated carbocycles. The van der Waals surface area contributed by atoms with E-state index in [2.05, 4.69) is 4.90 Å². The van der Waals surface area contributed by atoms with Gasteiger partial charge in [0.05, 0.1) is 25.9 Å². The Morgan fingerprint density at radius 1 is 1.28 bits per heavy atom. The van der Waals surface area contributed by atoms with Gasteiger partial charge in [0, 0.05) is 24.8 Å². The summed E-state index contributed by atoms with van der Waals surface area (Å²) < 4.78 is 5.25.